The van der Waals surface area contributed by atoms with E-state index < -0.39 is 11.2 Å². The van der Waals surface area contributed by atoms with Crippen LogP contribution in [0, 0.1) is 13.8 Å². The van der Waals surface area contributed by atoms with Gasteiger partial charge in [0, 0.05) is 6.42 Å². The quantitative estimate of drug-likeness (QED) is 0.549. The van der Waals surface area contributed by atoms with Crippen LogP contribution in [0.4, 0.5) is 0 Å². The predicted octanol–water partition coefficient (Wildman–Crippen LogP) is 1.30. The number of hydrogen-bond donors (Lipinski definition) is 1. The van der Waals surface area contributed by atoms with Crippen LogP contribution in [0.2, 0.25) is 0 Å². The summed E-state index contributed by atoms with van der Waals surface area (Å²) in [7, 11) is 0. The normalized spacial score (nSPS) is 17.6. The number of nitrogens with one attached hydrogen (secondary N) is 1. The van der Waals surface area contributed by atoms with E-state index in [1.807, 2.05) is 26.0 Å². The summed E-state index contributed by atoms with van der Waals surface area (Å²) < 4.78 is 7.20. The molecule has 0 amide bonds. The smallest absolute Gasteiger partial charge is 0.349 e. The molecule has 0 aromatic heterocycles. The number of H-pyrrole nitrogens is 1. The largest absolute Gasteiger partial charge is 0.460 e. The van der Waals surface area contributed by atoms with Crippen molar-refractivity contribution in [3.8, 4) is 11.5 Å². The Hall–Kier alpha value is -3.03. The van der Waals surface area contributed by atoms with E-state index in [-0.39, 0.29) is 23.6 Å². The number of fused-ring (bicyclic) bond motifs is 2. The standard InChI is InChI=1S/C18H18N4O4/c1-9-6-12-13(7-10(9)2)22(8-11-4-3-5-14(23)26-11)16-15(19-12)17(24)21-18(25)20-16/h6-7,11H,3-5,8H2,1-2H3,(H,21,24,25). The predicted molar refractivity (Wildman–Crippen MR) is 94.2 cm³/mol. The molecule has 3 aliphatic heterocycles. The Morgan fingerprint density at radius 2 is 1.96 bits per heavy atom. The first-order valence-electron chi connectivity index (χ1n) is 8.53. The van der Waals surface area contributed by atoms with E-state index in [2.05, 4.69) is 15.0 Å². The van der Waals surface area contributed by atoms with Crippen molar-refractivity contribution >= 4 is 17.0 Å². The molecule has 1 unspecified atom stereocenters. The Balaban J connectivity index is 1.99. The van der Waals surface area contributed by atoms with Gasteiger partial charge in [-0.1, -0.05) is 0 Å². The monoisotopic (exact) mass is 354 g/mol. The van der Waals surface area contributed by atoms with Gasteiger partial charge >= 0.3 is 11.7 Å². The van der Waals surface area contributed by atoms with Crippen LogP contribution in [0.5, 0.6) is 0 Å². The lowest BCUT2D eigenvalue weighted by Gasteiger charge is -2.25. The van der Waals surface area contributed by atoms with Crippen LogP contribution in [-0.4, -0.2) is 31.6 Å². The lowest BCUT2D eigenvalue weighted by Crippen LogP contribution is -2.32. The number of ether oxygens (including phenoxy) is 1. The van der Waals surface area contributed by atoms with E-state index in [9.17, 15) is 14.4 Å². The Bertz CT molecular complexity index is 1110. The van der Waals surface area contributed by atoms with Crippen molar-refractivity contribution in [3.63, 3.8) is 0 Å². The molecule has 8 heteroatoms. The molecule has 3 heterocycles. The molecule has 0 saturated carbocycles. The van der Waals surface area contributed by atoms with Crippen LogP contribution in [0.3, 0.4) is 0 Å². The summed E-state index contributed by atoms with van der Waals surface area (Å²) in [5.74, 6) is -0.0250. The molecule has 26 heavy (non-hydrogen) atoms. The van der Waals surface area contributed by atoms with Gasteiger partial charge in [0.05, 0.1) is 17.6 Å². The highest BCUT2D eigenvalue weighted by Crippen LogP contribution is 2.26. The van der Waals surface area contributed by atoms with Gasteiger partial charge in [-0.2, -0.15) is 4.98 Å². The second-order valence-corrected chi connectivity index (χ2v) is 6.69. The van der Waals surface area contributed by atoms with Gasteiger partial charge in [-0.05, 0) is 49.9 Å². The highest BCUT2D eigenvalue weighted by molar-refractivity contribution is 5.81. The van der Waals surface area contributed by atoms with E-state index in [4.69, 9.17) is 4.74 Å². The van der Waals surface area contributed by atoms with Crippen molar-refractivity contribution in [1.82, 2.24) is 19.5 Å². The van der Waals surface area contributed by atoms with E-state index in [0.717, 1.165) is 29.5 Å². The maximum atomic E-state index is 12.2. The van der Waals surface area contributed by atoms with Crippen LogP contribution in [0.15, 0.2) is 21.7 Å². The summed E-state index contributed by atoms with van der Waals surface area (Å²) in [6.45, 7) is 4.27. The molecule has 1 atom stereocenters. The fourth-order valence-electron chi connectivity index (χ4n) is 3.34. The van der Waals surface area contributed by atoms with Gasteiger partial charge in [0.1, 0.15) is 6.10 Å². The Labute approximate surface area is 148 Å². The van der Waals surface area contributed by atoms with Crippen molar-refractivity contribution in [2.24, 2.45) is 0 Å². The van der Waals surface area contributed by atoms with Crippen molar-refractivity contribution in [2.45, 2.75) is 45.8 Å². The minimum atomic E-state index is -0.720. The van der Waals surface area contributed by atoms with Crippen molar-refractivity contribution in [1.29, 1.82) is 0 Å². The van der Waals surface area contributed by atoms with Gasteiger partial charge in [-0.25, -0.2) is 9.78 Å². The second-order valence-electron chi connectivity index (χ2n) is 6.69. The maximum absolute atomic E-state index is 12.2. The van der Waals surface area contributed by atoms with E-state index in [0.29, 0.717) is 18.5 Å². The molecule has 1 fully saturated rings. The SMILES string of the molecule is Cc1cc2nc3c(=O)[nH]c(=O)nc-3n(CC3CCCC(=O)O3)c2cc1C. The number of esters is 1. The third-order valence-electron chi connectivity index (χ3n) is 4.82. The van der Waals surface area contributed by atoms with Crippen LogP contribution < -0.4 is 11.2 Å². The second kappa shape index (κ2) is 6.05. The molecule has 1 saturated heterocycles. The maximum Gasteiger partial charge on any atom is 0.349 e. The average molecular weight is 354 g/mol. The Kier molecular flexibility index (Phi) is 3.82. The van der Waals surface area contributed by atoms with Crippen LogP contribution in [0.1, 0.15) is 30.4 Å². The van der Waals surface area contributed by atoms with Gasteiger partial charge in [-0.3, -0.25) is 14.6 Å². The first-order valence-corrected chi connectivity index (χ1v) is 8.53. The lowest BCUT2D eigenvalue weighted by atomic mass is 10.1. The number of rotatable bonds is 2. The summed E-state index contributed by atoms with van der Waals surface area (Å²) in [4.78, 5) is 46.2. The van der Waals surface area contributed by atoms with Crippen LogP contribution >= 0.6 is 0 Å². The Morgan fingerprint density at radius 1 is 1.19 bits per heavy atom. The summed E-state index contributed by atoms with van der Waals surface area (Å²) in [5, 5.41) is 0. The van der Waals surface area contributed by atoms with E-state index >= 15 is 0 Å². The average Bonchev–Trinajstić information content (AvgIpc) is 2.57. The molecule has 1 N–H and O–H groups in total. The van der Waals surface area contributed by atoms with Crippen LogP contribution in [0.25, 0.3) is 22.6 Å². The van der Waals surface area contributed by atoms with Gasteiger partial charge in [0.2, 0.25) is 0 Å². The molecular formula is C18H18N4O4. The number of carbonyl (C=O) groups is 1. The molecule has 4 rings (SSSR count). The third kappa shape index (κ3) is 2.77. The highest BCUT2D eigenvalue weighted by atomic mass is 16.5. The molecule has 0 radical (unpaired) electrons. The number of aromatic amines is 1. The van der Waals surface area contributed by atoms with Crippen molar-refractivity contribution in [2.75, 3.05) is 0 Å². The first kappa shape index (κ1) is 16.4. The zero-order chi connectivity index (χ0) is 18.4. The molecule has 1 aromatic carbocycles. The van der Waals surface area contributed by atoms with E-state index in [1.165, 1.54) is 0 Å². The summed E-state index contributed by atoms with van der Waals surface area (Å²) >= 11 is 0. The minimum absolute atomic E-state index is 0.0995. The lowest BCUT2D eigenvalue weighted by molar-refractivity contribution is -0.154. The number of carbonyl (C=O) groups excluding carboxylic acids is 1. The number of nitrogens with zero attached hydrogens (tertiary/aromatic N) is 3. The van der Waals surface area contributed by atoms with Gasteiger partial charge in [0.15, 0.2) is 11.5 Å². The number of hydrogen-bond acceptors (Lipinski definition) is 6. The zero-order valence-electron chi connectivity index (χ0n) is 14.5. The Morgan fingerprint density at radius 3 is 2.73 bits per heavy atom. The van der Waals surface area contributed by atoms with Gasteiger partial charge < -0.3 is 9.30 Å². The molecule has 0 spiro atoms. The number of cyclic esters (lactones) is 1. The number of aromatic nitrogens is 4. The fourth-order valence-corrected chi connectivity index (χ4v) is 3.34. The first-order chi connectivity index (χ1) is 12.4. The molecule has 8 nitrogen and oxygen atoms in total. The van der Waals surface area contributed by atoms with Crippen molar-refractivity contribution in [3.05, 3.63) is 44.1 Å². The van der Waals surface area contributed by atoms with Gasteiger partial charge in [0.25, 0.3) is 5.56 Å². The molecule has 1 aromatic rings. The van der Waals surface area contributed by atoms with E-state index in [1.54, 1.807) is 4.57 Å². The number of benzene rings is 1. The molecule has 0 aliphatic carbocycles. The van der Waals surface area contributed by atoms with Crippen molar-refractivity contribution < 1.29 is 9.53 Å². The number of aryl methyl sites for hydroxylation is 2. The third-order valence-corrected chi connectivity index (χ3v) is 4.82. The topological polar surface area (TPSA) is 107 Å². The molecule has 0 bridgehead atoms. The molecule has 134 valence electrons. The fraction of sp³-hybridized carbons (Fsp3) is 0.389. The molecular weight excluding hydrogens is 336 g/mol. The van der Waals surface area contributed by atoms with Gasteiger partial charge in [-0.15, -0.1) is 0 Å². The summed E-state index contributed by atoms with van der Waals surface area (Å²) in [5.41, 5.74) is 2.29. The summed E-state index contributed by atoms with van der Waals surface area (Å²) in [6, 6.07) is 3.85. The summed E-state index contributed by atoms with van der Waals surface area (Å²) in [6.07, 6.45) is 1.57. The highest BCUT2D eigenvalue weighted by Gasteiger charge is 2.25. The minimum Gasteiger partial charge on any atom is -0.460 e. The van der Waals surface area contributed by atoms with Crippen LogP contribution in [-0.2, 0) is 16.1 Å². The molecule has 3 aliphatic rings. The zero-order valence-corrected chi connectivity index (χ0v) is 14.5.